The number of fused-ring (bicyclic) bond motifs is 2. The number of hydrogen-bond donors (Lipinski definition) is 1. The lowest BCUT2D eigenvalue weighted by atomic mass is 9.99. The Morgan fingerprint density at radius 2 is 2.02 bits per heavy atom. The minimum absolute atomic E-state index is 0.207. The molecule has 0 bridgehead atoms. The maximum atomic E-state index is 13.3. The summed E-state index contributed by atoms with van der Waals surface area (Å²) in [6, 6.07) is 16.8. The monoisotopic (exact) mass is 599 g/mol. The lowest BCUT2D eigenvalue weighted by molar-refractivity contribution is -0.123. The summed E-state index contributed by atoms with van der Waals surface area (Å²) in [7, 11) is 0. The standard InChI is InChI=1S/C31H29N5O4S2/c37-29(25-11-13-36(25)30(38)22-10-9-20-5-1-2-16-42(39)27(20)18-22)34-31-33-24(19-41-31)21-6-3-7-23(17-21)35-14-15-40-26-8-4-12-32-28(26)35/h3-4,6-10,12,17-19,25H,1-2,5,11,13-16H2,(H,33,34,37)/t25-,42?/m0/s1. The molecule has 5 heterocycles. The van der Waals surface area contributed by atoms with E-state index >= 15 is 0 Å². The quantitative estimate of drug-likeness (QED) is 0.320. The summed E-state index contributed by atoms with van der Waals surface area (Å²) < 4.78 is 18.4. The zero-order valence-electron chi connectivity index (χ0n) is 22.8. The number of carbonyl (C=O) groups excluding carboxylic acids is 2. The van der Waals surface area contributed by atoms with Gasteiger partial charge in [0.25, 0.3) is 5.91 Å². The van der Waals surface area contributed by atoms with Crippen molar-refractivity contribution in [3.8, 4) is 17.0 Å². The Morgan fingerprint density at radius 1 is 1.10 bits per heavy atom. The van der Waals surface area contributed by atoms with Crippen molar-refractivity contribution in [2.45, 2.75) is 36.6 Å². The van der Waals surface area contributed by atoms with Crippen LogP contribution >= 0.6 is 11.3 Å². The molecule has 3 aliphatic rings. The van der Waals surface area contributed by atoms with Gasteiger partial charge < -0.3 is 24.4 Å². The van der Waals surface area contributed by atoms with Crippen molar-refractivity contribution in [2.75, 3.05) is 35.7 Å². The first-order valence-electron chi connectivity index (χ1n) is 14.1. The van der Waals surface area contributed by atoms with Gasteiger partial charge in [0.1, 0.15) is 18.4 Å². The van der Waals surface area contributed by atoms with Gasteiger partial charge in [-0.2, -0.15) is 0 Å². The smallest absolute Gasteiger partial charge is 0.254 e. The second-order valence-corrected chi connectivity index (χ2v) is 12.9. The number of likely N-dealkylation sites (tertiary alicyclic amines) is 1. The summed E-state index contributed by atoms with van der Waals surface area (Å²) in [5, 5.41) is 5.32. The average molecular weight is 600 g/mol. The fraction of sp³-hybridized carbons (Fsp3) is 0.290. The minimum Gasteiger partial charge on any atom is -0.611 e. The summed E-state index contributed by atoms with van der Waals surface area (Å²) in [6.07, 6.45) is 5.15. The first-order valence-corrected chi connectivity index (χ1v) is 16.3. The first kappa shape index (κ1) is 26.9. The van der Waals surface area contributed by atoms with Crippen LogP contribution in [0.4, 0.5) is 16.6 Å². The fourth-order valence-electron chi connectivity index (χ4n) is 5.62. The second-order valence-electron chi connectivity index (χ2n) is 10.5. The second kappa shape index (κ2) is 11.4. The highest BCUT2D eigenvalue weighted by molar-refractivity contribution is 7.91. The van der Waals surface area contributed by atoms with Crippen molar-refractivity contribution >= 4 is 51.0 Å². The summed E-state index contributed by atoms with van der Waals surface area (Å²) in [5.74, 6) is 1.71. The van der Waals surface area contributed by atoms with Crippen molar-refractivity contribution in [2.24, 2.45) is 0 Å². The van der Waals surface area contributed by atoms with Crippen molar-refractivity contribution in [3.05, 3.63) is 77.3 Å². The molecule has 0 radical (unpaired) electrons. The molecule has 11 heteroatoms. The SMILES string of the molecule is O=C(Nc1nc(-c2cccc(N3CCOc4cccnc43)c2)cs1)[C@@H]1CCN1C(=O)c1ccc2c(c1)[S+]([O-])CCCC2. The number of nitrogens with zero attached hydrogens (tertiary/aromatic N) is 4. The van der Waals surface area contributed by atoms with Crippen LogP contribution in [-0.2, 0) is 22.4 Å². The molecule has 1 saturated heterocycles. The van der Waals surface area contributed by atoms with Gasteiger partial charge in [0, 0.05) is 46.6 Å². The van der Waals surface area contributed by atoms with Crippen molar-refractivity contribution in [1.29, 1.82) is 0 Å². The normalized spacial score (nSPS) is 19.5. The molecule has 3 aliphatic heterocycles. The van der Waals surface area contributed by atoms with E-state index in [1.165, 1.54) is 11.3 Å². The van der Waals surface area contributed by atoms with Crippen LogP contribution in [0.15, 0.2) is 71.1 Å². The van der Waals surface area contributed by atoms with Gasteiger partial charge in [-0.15, -0.1) is 11.3 Å². The lowest BCUT2D eigenvalue weighted by Gasteiger charge is -2.39. The van der Waals surface area contributed by atoms with Crippen molar-refractivity contribution in [1.82, 2.24) is 14.9 Å². The Labute approximate surface area is 250 Å². The summed E-state index contributed by atoms with van der Waals surface area (Å²) in [6.45, 7) is 1.76. The number of aromatic nitrogens is 2. The Morgan fingerprint density at radius 3 is 2.90 bits per heavy atom. The molecule has 2 aromatic carbocycles. The van der Waals surface area contributed by atoms with E-state index in [1.807, 2.05) is 41.8 Å². The number of ether oxygens (including phenoxy) is 1. The third kappa shape index (κ3) is 5.12. The molecule has 2 atom stereocenters. The molecule has 0 aliphatic carbocycles. The van der Waals surface area contributed by atoms with Gasteiger partial charge >= 0.3 is 0 Å². The molecule has 1 N–H and O–H groups in total. The third-order valence-corrected chi connectivity index (χ3v) is 10.2. The van der Waals surface area contributed by atoms with Crippen molar-refractivity contribution in [3.63, 3.8) is 0 Å². The fourth-order valence-corrected chi connectivity index (χ4v) is 7.75. The van der Waals surface area contributed by atoms with Crippen LogP contribution in [0.3, 0.4) is 0 Å². The largest absolute Gasteiger partial charge is 0.611 e. The van der Waals surface area contributed by atoms with Gasteiger partial charge in [-0.25, -0.2) is 9.97 Å². The van der Waals surface area contributed by atoms with E-state index in [2.05, 4.69) is 26.3 Å². The average Bonchev–Trinajstić information content (AvgIpc) is 3.38. The van der Waals surface area contributed by atoms with E-state index in [1.54, 1.807) is 23.2 Å². The van der Waals surface area contributed by atoms with Crippen molar-refractivity contribution < 1.29 is 18.9 Å². The number of thiazole rings is 1. The number of anilines is 3. The zero-order valence-corrected chi connectivity index (χ0v) is 24.5. The van der Waals surface area contributed by atoms with Crippen LogP contribution in [0.1, 0.15) is 35.2 Å². The van der Waals surface area contributed by atoms with Gasteiger partial charge in [0.15, 0.2) is 21.6 Å². The first-order chi connectivity index (χ1) is 20.5. The van der Waals surface area contributed by atoms with E-state index in [4.69, 9.17) is 4.74 Å². The molecule has 7 rings (SSSR count). The van der Waals surface area contributed by atoms with Gasteiger partial charge in [-0.1, -0.05) is 18.2 Å². The number of amides is 2. The molecule has 4 aromatic rings. The molecule has 1 unspecified atom stereocenters. The Hall–Kier alpha value is -3.93. The van der Waals surface area contributed by atoms with Gasteiger partial charge in [0.05, 0.1) is 12.2 Å². The van der Waals surface area contributed by atoms with E-state index in [0.29, 0.717) is 42.6 Å². The number of hydrogen-bond acceptors (Lipinski definition) is 8. The molecular formula is C31H29N5O4S2. The molecule has 2 aromatic heterocycles. The number of carbonyl (C=O) groups is 2. The van der Waals surface area contributed by atoms with Gasteiger partial charge in [-0.3, -0.25) is 9.59 Å². The highest BCUT2D eigenvalue weighted by atomic mass is 32.2. The predicted octanol–water partition coefficient (Wildman–Crippen LogP) is 5.03. The Balaban J connectivity index is 1.03. The highest BCUT2D eigenvalue weighted by Crippen LogP contribution is 2.36. The van der Waals surface area contributed by atoms with Gasteiger partial charge in [0.2, 0.25) is 5.91 Å². The minimum atomic E-state index is -1.10. The Kier molecular flexibility index (Phi) is 7.31. The molecule has 214 valence electrons. The van der Waals surface area contributed by atoms with E-state index in [0.717, 1.165) is 58.2 Å². The van der Waals surface area contributed by atoms with E-state index in [-0.39, 0.29) is 11.8 Å². The molecule has 2 amide bonds. The third-order valence-electron chi connectivity index (χ3n) is 7.94. The number of pyridine rings is 1. The maximum Gasteiger partial charge on any atom is 0.254 e. The van der Waals surface area contributed by atoms with Gasteiger partial charge in [-0.05, 0) is 67.2 Å². The van der Waals surface area contributed by atoms with Crippen LogP contribution in [0, 0.1) is 0 Å². The molecule has 42 heavy (non-hydrogen) atoms. The van der Waals surface area contributed by atoms with Crippen LogP contribution in [0.2, 0.25) is 0 Å². The highest BCUT2D eigenvalue weighted by Gasteiger charge is 2.39. The summed E-state index contributed by atoms with van der Waals surface area (Å²) >= 11 is 0.257. The summed E-state index contributed by atoms with van der Waals surface area (Å²) in [4.78, 5) is 40.2. The van der Waals surface area contributed by atoms with Crippen LogP contribution in [0.25, 0.3) is 11.3 Å². The predicted molar refractivity (Wildman–Crippen MR) is 163 cm³/mol. The number of aryl methyl sites for hydroxylation is 1. The van der Waals surface area contributed by atoms with Crippen LogP contribution < -0.4 is 15.0 Å². The van der Waals surface area contributed by atoms with Crippen LogP contribution in [-0.4, -0.2) is 62.7 Å². The summed E-state index contributed by atoms with van der Waals surface area (Å²) in [5.41, 5.74) is 4.20. The Bertz CT molecular complexity index is 1660. The number of rotatable bonds is 5. The zero-order chi connectivity index (χ0) is 28.6. The van der Waals surface area contributed by atoms with E-state index < -0.39 is 17.2 Å². The van der Waals surface area contributed by atoms with Crippen LogP contribution in [0.5, 0.6) is 5.75 Å². The molecule has 1 fully saturated rings. The van der Waals surface area contributed by atoms with E-state index in [9.17, 15) is 14.1 Å². The number of benzene rings is 2. The molecule has 9 nitrogen and oxygen atoms in total. The topological polar surface area (TPSA) is 111 Å². The number of nitrogens with one attached hydrogen (secondary N) is 1. The molecular weight excluding hydrogens is 571 g/mol. The lowest BCUT2D eigenvalue weighted by Crippen LogP contribution is -2.56. The maximum absolute atomic E-state index is 13.3. The molecule has 0 saturated carbocycles. The molecule has 0 spiro atoms.